The lowest BCUT2D eigenvalue weighted by atomic mass is 10.1. The molecule has 0 saturated carbocycles. The molecule has 1 heterocycles. The van der Waals surface area contributed by atoms with Gasteiger partial charge in [0, 0.05) is 17.8 Å². The van der Waals surface area contributed by atoms with Crippen molar-refractivity contribution in [3.63, 3.8) is 0 Å². The van der Waals surface area contributed by atoms with Crippen molar-refractivity contribution in [3.05, 3.63) is 65.5 Å². The van der Waals surface area contributed by atoms with Gasteiger partial charge in [-0.2, -0.15) is 5.10 Å². The molecule has 0 saturated heterocycles. The number of H-pyrrole nitrogens is 1. The van der Waals surface area contributed by atoms with Crippen LogP contribution in [0.25, 0.3) is 11.4 Å². The number of hydrogen-bond acceptors (Lipinski definition) is 4. The largest absolute Gasteiger partial charge is 0.344 e. The first-order chi connectivity index (χ1) is 12.5. The minimum absolute atomic E-state index is 0.296. The second-order valence-corrected chi connectivity index (χ2v) is 5.95. The molecule has 0 spiro atoms. The van der Waals surface area contributed by atoms with Gasteiger partial charge in [0.05, 0.1) is 0 Å². The highest BCUT2D eigenvalue weighted by molar-refractivity contribution is 6.39. The van der Waals surface area contributed by atoms with Gasteiger partial charge in [-0.3, -0.25) is 14.7 Å². The molecule has 0 aliphatic rings. The standard InChI is InChI=1S/C19H19N5O2/c1-12-5-3-6-14(9-12)11-20-18(25)19(26)22-16-8-4-7-15(10-16)17-21-13(2)23-24-17/h3-10H,11H2,1-2H3,(H,20,25)(H,22,26)(H,21,23,24). The number of hydrogen-bond donors (Lipinski definition) is 3. The van der Waals surface area contributed by atoms with E-state index < -0.39 is 11.8 Å². The summed E-state index contributed by atoms with van der Waals surface area (Å²) in [6.45, 7) is 4.08. The average Bonchev–Trinajstić information content (AvgIpc) is 3.06. The van der Waals surface area contributed by atoms with Crippen LogP contribution in [0.2, 0.25) is 0 Å². The smallest absolute Gasteiger partial charge is 0.313 e. The van der Waals surface area contributed by atoms with Gasteiger partial charge in [-0.05, 0) is 31.5 Å². The number of rotatable bonds is 4. The van der Waals surface area contributed by atoms with Crippen LogP contribution in [0, 0.1) is 13.8 Å². The maximum absolute atomic E-state index is 12.1. The van der Waals surface area contributed by atoms with E-state index >= 15 is 0 Å². The molecule has 0 aliphatic heterocycles. The molecule has 0 aliphatic carbocycles. The molecule has 0 unspecified atom stereocenters. The van der Waals surface area contributed by atoms with Crippen LogP contribution in [0.3, 0.4) is 0 Å². The Bertz CT molecular complexity index is 948. The minimum Gasteiger partial charge on any atom is -0.344 e. The molecule has 2 amide bonds. The second-order valence-electron chi connectivity index (χ2n) is 5.95. The van der Waals surface area contributed by atoms with Crippen molar-refractivity contribution in [2.24, 2.45) is 0 Å². The van der Waals surface area contributed by atoms with Gasteiger partial charge >= 0.3 is 11.8 Å². The van der Waals surface area contributed by atoms with Gasteiger partial charge in [0.2, 0.25) is 0 Å². The first-order valence-electron chi connectivity index (χ1n) is 8.15. The first-order valence-corrected chi connectivity index (χ1v) is 8.15. The van der Waals surface area contributed by atoms with Gasteiger partial charge < -0.3 is 10.6 Å². The molecule has 132 valence electrons. The van der Waals surface area contributed by atoms with Gasteiger partial charge in [-0.1, -0.05) is 42.0 Å². The predicted octanol–water partition coefficient (Wildman–Crippen LogP) is 2.34. The van der Waals surface area contributed by atoms with Crippen molar-refractivity contribution in [3.8, 4) is 11.4 Å². The number of aromatic nitrogens is 3. The van der Waals surface area contributed by atoms with Gasteiger partial charge in [-0.25, -0.2) is 4.98 Å². The lowest BCUT2D eigenvalue weighted by Crippen LogP contribution is -2.34. The van der Waals surface area contributed by atoms with Crippen molar-refractivity contribution < 1.29 is 9.59 Å². The Morgan fingerprint density at radius 2 is 1.85 bits per heavy atom. The molecule has 26 heavy (non-hydrogen) atoms. The third-order valence-electron chi connectivity index (χ3n) is 3.72. The van der Waals surface area contributed by atoms with Crippen LogP contribution in [0.4, 0.5) is 5.69 Å². The number of benzene rings is 2. The van der Waals surface area contributed by atoms with Crippen molar-refractivity contribution >= 4 is 17.5 Å². The van der Waals surface area contributed by atoms with Crippen LogP contribution in [0.1, 0.15) is 17.0 Å². The van der Waals surface area contributed by atoms with E-state index in [1.54, 1.807) is 25.1 Å². The van der Waals surface area contributed by atoms with Gasteiger partial charge in [-0.15, -0.1) is 0 Å². The average molecular weight is 349 g/mol. The second kappa shape index (κ2) is 7.60. The zero-order valence-electron chi connectivity index (χ0n) is 14.5. The minimum atomic E-state index is -0.721. The van der Waals surface area contributed by atoms with E-state index in [0.717, 1.165) is 16.7 Å². The lowest BCUT2D eigenvalue weighted by molar-refractivity contribution is -0.136. The highest BCUT2D eigenvalue weighted by Crippen LogP contribution is 2.19. The summed E-state index contributed by atoms with van der Waals surface area (Å²) in [5.74, 6) is -0.181. The number of nitrogens with one attached hydrogen (secondary N) is 3. The summed E-state index contributed by atoms with van der Waals surface area (Å²) in [7, 11) is 0. The van der Waals surface area contributed by atoms with Crippen molar-refractivity contribution in [1.29, 1.82) is 0 Å². The third kappa shape index (κ3) is 4.32. The summed E-state index contributed by atoms with van der Waals surface area (Å²) in [6.07, 6.45) is 0. The van der Waals surface area contributed by atoms with Gasteiger partial charge in [0.1, 0.15) is 5.82 Å². The number of anilines is 1. The van der Waals surface area contributed by atoms with E-state index in [-0.39, 0.29) is 0 Å². The van der Waals surface area contributed by atoms with E-state index in [4.69, 9.17) is 0 Å². The molecule has 3 N–H and O–H groups in total. The summed E-state index contributed by atoms with van der Waals surface area (Å²) >= 11 is 0. The van der Waals surface area contributed by atoms with Crippen LogP contribution in [-0.4, -0.2) is 27.0 Å². The van der Waals surface area contributed by atoms with E-state index in [9.17, 15) is 9.59 Å². The molecular formula is C19H19N5O2. The van der Waals surface area contributed by atoms with Gasteiger partial charge in [0.15, 0.2) is 5.82 Å². The topological polar surface area (TPSA) is 99.8 Å². The highest BCUT2D eigenvalue weighted by Gasteiger charge is 2.14. The quantitative estimate of drug-likeness (QED) is 0.630. The summed E-state index contributed by atoms with van der Waals surface area (Å²) in [4.78, 5) is 28.4. The fourth-order valence-corrected chi connectivity index (χ4v) is 2.48. The Kier molecular flexibility index (Phi) is 5.07. The van der Waals surface area contributed by atoms with E-state index in [1.807, 2.05) is 37.3 Å². The van der Waals surface area contributed by atoms with Crippen LogP contribution < -0.4 is 10.6 Å². The molecule has 7 nitrogen and oxygen atoms in total. The third-order valence-corrected chi connectivity index (χ3v) is 3.72. The van der Waals surface area contributed by atoms with Crippen molar-refractivity contribution in [1.82, 2.24) is 20.5 Å². The van der Waals surface area contributed by atoms with Crippen molar-refractivity contribution in [2.75, 3.05) is 5.32 Å². The number of carbonyl (C=O) groups excluding carboxylic acids is 2. The molecule has 3 rings (SSSR count). The Labute approximate surface area is 150 Å². The molecule has 0 bridgehead atoms. The molecule has 0 radical (unpaired) electrons. The SMILES string of the molecule is Cc1cccc(CNC(=O)C(=O)Nc2cccc(-c3n[nH]c(C)n3)c2)c1. The fourth-order valence-electron chi connectivity index (χ4n) is 2.48. The lowest BCUT2D eigenvalue weighted by Gasteiger charge is -2.08. The Hall–Kier alpha value is -3.48. The fraction of sp³-hybridized carbons (Fsp3) is 0.158. The van der Waals surface area contributed by atoms with Gasteiger partial charge in [0.25, 0.3) is 0 Å². The van der Waals surface area contributed by atoms with Crippen molar-refractivity contribution in [2.45, 2.75) is 20.4 Å². The summed E-state index contributed by atoms with van der Waals surface area (Å²) in [6, 6.07) is 14.8. The number of aryl methyl sites for hydroxylation is 2. The molecule has 0 fully saturated rings. The van der Waals surface area contributed by atoms with Crippen LogP contribution in [0.15, 0.2) is 48.5 Å². The maximum Gasteiger partial charge on any atom is 0.313 e. The molecule has 2 aromatic carbocycles. The highest BCUT2D eigenvalue weighted by atomic mass is 16.2. The molecular weight excluding hydrogens is 330 g/mol. The normalized spacial score (nSPS) is 10.4. The summed E-state index contributed by atoms with van der Waals surface area (Å²) in [5.41, 5.74) is 3.28. The zero-order valence-corrected chi connectivity index (χ0v) is 14.5. The molecule has 1 aromatic heterocycles. The maximum atomic E-state index is 12.1. The Balaban J connectivity index is 1.61. The van der Waals surface area contributed by atoms with Crippen LogP contribution >= 0.6 is 0 Å². The van der Waals surface area contributed by atoms with E-state index in [2.05, 4.69) is 25.8 Å². The molecule has 0 atom stereocenters. The molecule has 7 heteroatoms. The predicted molar refractivity (Wildman–Crippen MR) is 98.2 cm³/mol. The summed E-state index contributed by atoms with van der Waals surface area (Å²) < 4.78 is 0. The van der Waals surface area contributed by atoms with E-state index in [0.29, 0.717) is 23.9 Å². The first kappa shape index (κ1) is 17.3. The number of aromatic amines is 1. The number of amides is 2. The Morgan fingerprint density at radius 3 is 2.58 bits per heavy atom. The van der Waals surface area contributed by atoms with E-state index in [1.165, 1.54) is 0 Å². The summed E-state index contributed by atoms with van der Waals surface area (Å²) in [5, 5.41) is 12.1. The zero-order chi connectivity index (χ0) is 18.5. The van der Waals surface area contributed by atoms with Crippen LogP contribution in [-0.2, 0) is 16.1 Å². The number of nitrogens with zero attached hydrogens (tertiary/aromatic N) is 2. The monoisotopic (exact) mass is 349 g/mol. The van der Waals surface area contributed by atoms with Crippen LogP contribution in [0.5, 0.6) is 0 Å². The number of carbonyl (C=O) groups is 2. The molecule has 3 aromatic rings. The Morgan fingerprint density at radius 1 is 1.04 bits per heavy atom.